The molecule has 7 heteroatoms. The van der Waals surface area contributed by atoms with Gasteiger partial charge in [0.2, 0.25) is 0 Å². The minimum atomic E-state index is -0.450. The molecule has 0 radical (unpaired) electrons. The van der Waals surface area contributed by atoms with Gasteiger partial charge in [0.05, 0.1) is 16.8 Å². The first kappa shape index (κ1) is 16.7. The maximum atomic E-state index is 10.6. The largest absolute Gasteiger partial charge is 0.455 e. The first-order chi connectivity index (χ1) is 12.0. The molecule has 126 valence electrons. The average molecular weight is 356 g/mol. The summed E-state index contributed by atoms with van der Waals surface area (Å²) in [5, 5.41) is 15.3. The smallest absolute Gasteiger partial charge is 0.269 e. The summed E-state index contributed by atoms with van der Waals surface area (Å²) < 4.78 is 5.72. The number of hydrogen-bond acceptors (Lipinski definition) is 5. The minimum absolute atomic E-state index is 0.0296. The van der Waals surface area contributed by atoms with E-state index < -0.39 is 4.92 Å². The molecule has 0 saturated heterocycles. The van der Waals surface area contributed by atoms with Crippen LogP contribution in [0.5, 0.6) is 0 Å². The summed E-state index contributed by atoms with van der Waals surface area (Å²) in [6.07, 6.45) is 1.53. The molecule has 0 aliphatic carbocycles. The second-order valence-electron chi connectivity index (χ2n) is 5.34. The van der Waals surface area contributed by atoms with Gasteiger partial charge in [-0.05, 0) is 42.8 Å². The van der Waals surface area contributed by atoms with Gasteiger partial charge in [-0.15, -0.1) is 0 Å². The summed E-state index contributed by atoms with van der Waals surface area (Å²) in [6.45, 7) is 1.94. The van der Waals surface area contributed by atoms with Crippen molar-refractivity contribution in [3.05, 3.63) is 81.1 Å². The Labute approximate surface area is 148 Å². The molecule has 25 heavy (non-hydrogen) atoms. The number of furan rings is 1. The zero-order valence-electron chi connectivity index (χ0n) is 13.3. The number of aryl methyl sites for hydroxylation is 1. The van der Waals surface area contributed by atoms with Gasteiger partial charge in [0, 0.05) is 22.7 Å². The predicted molar refractivity (Wildman–Crippen MR) is 98.2 cm³/mol. The first-order valence-corrected chi connectivity index (χ1v) is 7.80. The number of anilines is 1. The molecule has 3 aromatic rings. The van der Waals surface area contributed by atoms with Crippen molar-refractivity contribution < 1.29 is 9.34 Å². The number of hydrogen-bond donors (Lipinski definition) is 1. The van der Waals surface area contributed by atoms with Crippen LogP contribution in [0, 0.1) is 17.0 Å². The Morgan fingerprint density at radius 3 is 2.60 bits per heavy atom. The Morgan fingerprint density at radius 2 is 1.92 bits per heavy atom. The molecule has 0 amide bonds. The number of nitrogens with one attached hydrogen (secondary N) is 1. The minimum Gasteiger partial charge on any atom is -0.455 e. The Hall–Kier alpha value is -3.12. The standard InChI is InChI=1S/C18H14ClN3O3/c1-12-2-3-13(10-17(12)19)18-9-8-16(25-18)11-20-21-14-4-6-15(7-5-14)22(23)24/h2-11,21H,1H3. The van der Waals surface area contributed by atoms with Gasteiger partial charge in [0.1, 0.15) is 11.5 Å². The van der Waals surface area contributed by atoms with Crippen molar-refractivity contribution >= 4 is 29.2 Å². The van der Waals surface area contributed by atoms with Gasteiger partial charge in [-0.3, -0.25) is 15.5 Å². The zero-order valence-corrected chi connectivity index (χ0v) is 14.0. The lowest BCUT2D eigenvalue weighted by molar-refractivity contribution is -0.384. The maximum Gasteiger partial charge on any atom is 0.269 e. The van der Waals surface area contributed by atoms with E-state index in [0.717, 1.165) is 11.1 Å². The van der Waals surface area contributed by atoms with E-state index in [4.69, 9.17) is 16.0 Å². The molecule has 0 bridgehead atoms. The van der Waals surface area contributed by atoms with Crippen LogP contribution in [0.15, 0.2) is 64.1 Å². The summed E-state index contributed by atoms with van der Waals surface area (Å²) in [7, 11) is 0. The SMILES string of the molecule is Cc1ccc(-c2ccc(C=NNc3ccc([N+](=O)[O-])cc3)o2)cc1Cl. The number of nitrogens with zero attached hydrogens (tertiary/aromatic N) is 2. The lowest BCUT2D eigenvalue weighted by Crippen LogP contribution is -1.91. The molecule has 1 heterocycles. The second kappa shape index (κ2) is 7.19. The third kappa shape index (κ3) is 4.05. The van der Waals surface area contributed by atoms with Crippen molar-refractivity contribution in [2.75, 3.05) is 5.43 Å². The summed E-state index contributed by atoms with van der Waals surface area (Å²) in [4.78, 5) is 10.2. The number of rotatable bonds is 5. The van der Waals surface area contributed by atoms with Gasteiger partial charge in [0.15, 0.2) is 0 Å². The molecule has 0 spiro atoms. The molecule has 3 rings (SSSR count). The fourth-order valence-electron chi connectivity index (χ4n) is 2.15. The number of non-ortho nitro benzene ring substituents is 1. The highest BCUT2D eigenvalue weighted by molar-refractivity contribution is 6.31. The first-order valence-electron chi connectivity index (χ1n) is 7.43. The van der Waals surface area contributed by atoms with E-state index in [0.29, 0.717) is 22.2 Å². The Morgan fingerprint density at radius 1 is 1.16 bits per heavy atom. The molecule has 0 aliphatic rings. The summed E-state index contributed by atoms with van der Waals surface area (Å²) in [6, 6.07) is 15.3. The maximum absolute atomic E-state index is 10.6. The van der Waals surface area contributed by atoms with Crippen molar-refractivity contribution in [3.8, 4) is 11.3 Å². The Bertz CT molecular complexity index is 933. The molecule has 1 N–H and O–H groups in total. The second-order valence-corrected chi connectivity index (χ2v) is 5.75. The third-order valence-corrected chi connectivity index (χ3v) is 3.95. The van der Waals surface area contributed by atoms with Crippen LogP contribution >= 0.6 is 11.6 Å². The fraction of sp³-hybridized carbons (Fsp3) is 0.0556. The van der Waals surface area contributed by atoms with Crippen LogP contribution in [0.25, 0.3) is 11.3 Å². The van der Waals surface area contributed by atoms with Crippen LogP contribution in [0.2, 0.25) is 5.02 Å². The molecule has 0 unspecified atom stereocenters. The van der Waals surface area contributed by atoms with Crippen LogP contribution < -0.4 is 5.43 Å². The fourth-order valence-corrected chi connectivity index (χ4v) is 2.33. The van der Waals surface area contributed by atoms with Gasteiger partial charge in [-0.25, -0.2) is 0 Å². The molecular weight excluding hydrogens is 342 g/mol. The highest BCUT2D eigenvalue weighted by Gasteiger charge is 2.06. The number of nitro groups is 1. The molecule has 0 atom stereocenters. The number of nitro benzene ring substituents is 1. The predicted octanol–water partition coefficient (Wildman–Crippen LogP) is 5.26. The van der Waals surface area contributed by atoms with E-state index in [-0.39, 0.29) is 5.69 Å². The van der Waals surface area contributed by atoms with Gasteiger partial charge < -0.3 is 4.42 Å². The van der Waals surface area contributed by atoms with Gasteiger partial charge in [-0.1, -0.05) is 23.7 Å². The van der Waals surface area contributed by atoms with E-state index in [1.54, 1.807) is 18.2 Å². The molecule has 1 aromatic heterocycles. The van der Waals surface area contributed by atoms with Gasteiger partial charge in [0.25, 0.3) is 5.69 Å². The topological polar surface area (TPSA) is 80.7 Å². The van der Waals surface area contributed by atoms with Crippen LogP contribution in [-0.2, 0) is 0 Å². The average Bonchev–Trinajstić information content (AvgIpc) is 3.07. The monoisotopic (exact) mass is 355 g/mol. The molecule has 0 fully saturated rings. The van der Waals surface area contributed by atoms with Crippen LogP contribution in [-0.4, -0.2) is 11.1 Å². The summed E-state index contributed by atoms with van der Waals surface area (Å²) in [5.41, 5.74) is 5.35. The molecule has 0 aliphatic heterocycles. The van der Waals surface area contributed by atoms with Crippen LogP contribution in [0.1, 0.15) is 11.3 Å². The van der Waals surface area contributed by atoms with E-state index in [1.165, 1.54) is 18.3 Å². The van der Waals surface area contributed by atoms with E-state index >= 15 is 0 Å². The van der Waals surface area contributed by atoms with Gasteiger partial charge in [-0.2, -0.15) is 5.10 Å². The van der Waals surface area contributed by atoms with Crippen LogP contribution in [0.4, 0.5) is 11.4 Å². The highest BCUT2D eigenvalue weighted by atomic mass is 35.5. The Balaban J connectivity index is 1.67. The van der Waals surface area contributed by atoms with Gasteiger partial charge >= 0.3 is 0 Å². The van der Waals surface area contributed by atoms with Crippen molar-refractivity contribution in [2.24, 2.45) is 5.10 Å². The van der Waals surface area contributed by atoms with Crippen LogP contribution in [0.3, 0.4) is 0 Å². The van der Waals surface area contributed by atoms with E-state index in [2.05, 4.69) is 10.5 Å². The molecule has 0 saturated carbocycles. The van der Waals surface area contributed by atoms with E-state index in [9.17, 15) is 10.1 Å². The zero-order chi connectivity index (χ0) is 17.8. The summed E-state index contributed by atoms with van der Waals surface area (Å²) in [5.74, 6) is 1.26. The normalized spacial score (nSPS) is 11.0. The Kier molecular flexibility index (Phi) is 4.81. The quantitative estimate of drug-likeness (QED) is 0.384. The highest BCUT2D eigenvalue weighted by Crippen LogP contribution is 2.26. The number of hydrazone groups is 1. The molecule has 6 nitrogen and oxygen atoms in total. The third-order valence-electron chi connectivity index (χ3n) is 3.55. The van der Waals surface area contributed by atoms with Crippen molar-refractivity contribution in [1.29, 1.82) is 0 Å². The number of benzene rings is 2. The van der Waals surface area contributed by atoms with Crippen molar-refractivity contribution in [1.82, 2.24) is 0 Å². The lowest BCUT2D eigenvalue weighted by Gasteiger charge is -2.01. The molecular formula is C18H14ClN3O3. The summed E-state index contributed by atoms with van der Waals surface area (Å²) >= 11 is 6.13. The van der Waals surface area contributed by atoms with Crippen molar-refractivity contribution in [3.63, 3.8) is 0 Å². The molecule has 2 aromatic carbocycles. The van der Waals surface area contributed by atoms with E-state index in [1.807, 2.05) is 31.2 Å². The lowest BCUT2D eigenvalue weighted by atomic mass is 10.1. The number of halogens is 1. The van der Waals surface area contributed by atoms with Crippen molar-refractivity contribution in [2.45, 2.75) is 6.92 Å².